The normalized spacial score (nSPS) is 14.1. The summed E-state index contributed by atoms with van der Waals surface area (Å²) >= 11 is 6.03. The van der Waals surface area contributed by atoms with Gasteiger partial charge in [-0.25, -0.2) is 9.18 Å². The van der Waals surface area contributed by atoms with Gasteiger partial charge in [0.2, 0.25) is 0 Å². The first kappa shape index (κ1) is 23.7. The van der Waals surface area contributed by atoms with Gasteiger partial charge in [-0.3, -0.25) is 4.98 Å². The predicted molar refractivity (Wildman–Crippen MR) is 135 cm³/mol. The van der Waals surface area contributed by atoms with Gasteiger partial charge in [0, 0.05) is 47.0 Å². The zero-order chi connectivity index (χ0) is 25.1. The Labute approximate surface area is 211 Å². The minimum Gasteiger partial charge on any atom is -0.493 e. The number of ether oxygens (including phenoxy) is 1. The lowest BCUT2D eigenvalue weighted by Crippen LogP contribution is -2.38. The van der Waals surface area contributed by atoms with Crippen LogP contribution in [-0.4, -0.2) is 51.0 Å². The van der Waals surface area contributed by atoms with Crippen LogP contribution in [0.25, 0.3) is 22.2 Å². The summed E-state index contributed by atoms with van der Waals surface area (Å²) in [6.07, 6.45) is 3.96. The summed E-state index contributed by atoms with van der Waals surface area (Å²) in [6, 6.07) is 13.6. The van der Waals surface area contributed by atoms with Gasteiger partial charge in [0.15, 0.2) is 0 Å². The number of aromatic nitrogens is 3. The molecule has 8 nitrogen and oxygen atoms in total. The van der Waals surface area contributed by atoms with Crippen molar-refractivity contribution in [2.75, 3.05) is 25.0 Å². The number of hydrogen-bond acceptors (Lipinski definition) is 6. The zero-order valence-electron chi connectivity index (χ0n) is 19.2. The van der Waals surface area contributed by atoms with E-state index in [0.717, 1.165) is 29.4 Å². The van der Waals surface area contributed by atoms with Gasteiger partial charge in [-0.15, -0.1) is 0 Å². The lowest BCUT2D eigenvalue weighted by molar-refractivity contribution is 0.111. The number of anilines is 2. The Morgan fingerprint density at radius 1 is 1.17 bits per heavy atom. The molecule has 5 rings (SSSR count). The first-order valence-electron chi connectivity index (χ1n) is 11.5. The molecule has 0 aliphatic carbocycles. The second-order valence-corrected chi connectivity index (χ2v) is 9.08. The number of hydrogen-bond donors (Lipinski definition) is 2. The molecule has 3 heterocycles. The molecule has 10 heteroatoms. The summed E-state index contributed by atoms with van der Waals surface area (Å²) in [4.78, 5) is 17.0. The fourth-order valence-electron chi connectivity index (χ4n) is 4.25. The second kappa shape index (κ2) is 10.3. The third kappa shape index (κ3) is 5.31. The van der Waals surface area contributed by atoms with Gasteiger partial charge in [0.1, 0.15) is 11.6 Å². The summed E-state index contributed by atoms with van der Waals surface area (Å²) in [5, 5.41) is 21.8. The summed E-state index contributed by atoms with van der Waals surface area (Å²) in [7, 11) is 0. The first-order valence-corrected chi connectivity index (χ1v) is 11.9. The highest BCUT2D eigenvalue weighted by molar-refractivity contribution is 6.30. The minimum absolute atomic E-state index is 0.272. The second-order valence-electron chi connectivity index (χ2n) is 8.64. The van der Waals surface area contributed by atoms with Gasteiger partial charge in [0.25, 0.3) is 0 Å². The first-order chi connectivity index (χ1) is 17.5. The molecule has 0 radical (unpaired) electrons. The number of likely N-dealkylation sites (tertiary alicyclic amines) is 1. The third-order valence-corrected chi connectivity index (χ3v) is 6.46. The van der Waals surface area contributed by atoms with E-state index in [4.69, 9.17) is 21.4 Å². The molecule has 1 aliphatic heterocycles. The minimum atomic E-state index is -0.866. The smallest absolute Gasteiger partial charge is 0.407 e. The van der Waals surface area contributed by atoms with Crippen LogP contribution in [0.2, 0.25) is 5.02 Å². The molecular formula is C26H23ClFN5O3. The van der Waals surface area contributed by atoms with Crippen molar-refractivity contribution in [3.63, 3.8) is 0 Å². The lowest BCUT2D eigenvalue weighted by atomic mass is 9.98. The van der Waals surface area contributed by atoms with Crippen LogP contribution in [0, 0.1) is 11.7 Å². The zero-order valence-corrected chi connectivity index (χ0v) is 20.0. The topological polar surface area (TPSA) is 100 Å². The fraction of sp³-hybridized carbons (Fsp3) is 0.231. The SMILES string of the molecule is O=C(O)N1CCC(COc2ccc3c(Nc4cnnc(-c5cc(Cl)ccc5F)c4)ccnc3c2)CC1. The molecule has 1 amide bonds. The highest BCUT2D eigenvalue weighted by Crippen LogP contribution is 2.30. The number of nitrogens with one attached hydrogen (secondary N) is 1. The summed E-state index contributed by atoms with van der Waals surface area (Å²) in [6.45, 7) is 1.60. The van der Waals surface area contributed by atoms with Crippen molar-refractivity contribution < 1.29 is 19.0 Å². The van der Waals surface area contributed by atoms with E-state index in [2.05, 4.69) is 20.5 Å². The number of piperidine rings is 1. The average molecular weight is 508 g/mol. The van der Waals surface area contributed by atoms with Crippen LogP contribution >= 0.6 is 11.6 Å². The van der Waals surface area contributed by atoms with Crippen LogP contribution in [0.15, 0.2) is 60.9 Å². The van der Waals surface area contributed by atoms with Crippen LogP contribution in [-0.2, 0) is 0 Å². The molecule has 0 saturated carbocycles. The van der Waals surface area contributed by atoms with E-state index < -0.39 is 11.9 Å². The number of carboxylic acid groups (broad SMARTS) is 1. The van der Waals surface area contributed by atoms with Gasteiger partial charge in [0.05, 0.1) is 29.7 Å². The molecule has 2 aromatic carbocycles. The van der Waals surface area contributed by atoms with Gasteiger partial charge in [-0.2, -0.15) is 10.2 Å². The Kier molecular flexibility index (Phi) is 6.81. The Balaban J connectivity index is 1.30. The van der Waals surface area contributed by atoms with Crippen molar-refractivity contribution in [3.05, 3.63) is 71.8 Å². The fourth-order valence-corrected chi connectivity index (χ4v) is 4.42. The summed E-state index contributed by atoms with van der Waals surface area (Å²) in [5.74, 6) is 0.590. The number of nitrogens with zero attached hydrogens (tertiary/aromatic N) is 4. The Bertz CT molecular complexity index is 1410. The molecule has 2 aromatic heterocycles. The van der Waals surface area contributed by atoms with Crippen molar-refractivity contribution in [1.29, 1.82) is 0 Å². The Morgan fingerprint density at radius 2 is 2.00 bits per heavy atom. The van der Waals surface area contributed by atoms with Crippen LogP contribution in [0.1, 0.15) is 12.8 Å². The third-order valence-electron chi connectivity index (χ3n) is 6.22. The molecule has 2 N–H and O–H groups in total. The summed E-state index contributed by atoms with van der Waals surface area (Å²) in [5.41, 5.74) is 2.83. The van der Waals surface area contributed by atoms with E-state index in [1.807, 2.05) is 24.3 Å². The number of rotatable bonds is 6. The van der Waals surface area contributed by atoms with Crippen LogP contribution in [0.4, 0.5) is 20.6 Å². The van der Waals surface area contributed by atoms with E-state index >= 15 is 0 Å². The standard InChI is InChI=1S/C26H23ClFN5O3/c27-17-1-4-22(28)21(11-17)25-12-18(14-30-32-25)31-23-5-8-29-24-13-19(2-3-20(23)24)36-15-16-6-9-33(10-7-16)26(34)35/h1-5,8,11-14,16H,6-7,9-10,15H2,(H,34,35)(H,29,31,32). The van der Waals surface area contributed by atoms with Gasteiger partial charge >= 0.3 is 6.09 Å². The Hall–Kier alpha value is -3.98. The number of carbonyl (C=O) groups is 1. The summed E-state index contributed by atoms with van der Waals surface area (Å²) < 4.78 is 20.3. The van der Waals surface area contributed by atoms with Crippen LogP contribution in [0.5, 0.6) is 5.75 Å². The van der Waals surface area contributed by atoms with Gasteiger partial charge in [-0.1, -0.05) is 11.6 Å². The monoisotopic (exact) mass is 507 g/mol. The van der Waals surface area contributed by atoms with E-state index in [1.54, 1.807) is 18.5 Å². The highest BCUT2D eigenvalue weighted by Gasteiger charge is 2.22. The molecule has 184 valence electrons. The van der Waals surface area contributed by atoms with E-state index in [0.29, 0.717) is 47.8 Å². The molecule has 0 spiro atoms. The number of halogens is 2. The molecule has 4 aromatic rings. The van der Waals surface area contributed by atoms with E-state index in [1.165, 1.54) is 23.1 Å². The predicted octanol–water partition coefficient (Wildman–Crippen LogP) is 6.00. The van der Waals surface area contributed by atoms with Crippen LogP contribution < -0.4 is 10.1 Å². The lowest BCUT2D eigenvalue weighted by Gasteiger charge is -2.29. The van der Waals surface area contributed by atoms with E-state index in [9.17, 15) is 9.18 Å². The quantitative estimate of drug-likeness (QED) is 0.330. The van der Waals surface area contributed by atoms with Crippen molar-refractivity contribution in [3.8, 4) is 17.0 Å². The average Bonchev–Trinajstić information content (AvgIpc) is 2.89. The number of benzene rings is 2. The number of amides is 1. The van der Waals surface area contributed by atoms with Crippen molar-refractivity contribution in [2.45, 2.75) is 12.8 Å². The van der Waals surface area contributed by atoms with Gasteiger partial charge < -0.3 is 20.1 Å². The molecule has 1 saturated heterocycles. The van der Waals surface area contributed by atoms with Crippen LogP contribution in [0.3, 0.4) is 0 Å². The Morgan fingerprint density at radius 3 is 2.81 bits per heavy atom. The number of fused-ring (bicyclic) bond motifs is 1. The van der Waals surface area contributed by atoms with E-state index in [-0.39, 0.29) is 5.56 Å². The van der Waals surface area contributed by atoms with Crippen molar-refractivity contribution >= 4 is 40.0 Å². The molecule has 0 unspecified atom stereocenters. The maximum absolute atomic E-state index is 14.3. The molecule has 1 fully saturated rings. The molecule has 0 bridgehead atoms. The maximum atomic E-state index is 14.3. The molecular weight excluding hydrogens is 485 g/mol. The molecule has 0 atom stereocenters. The molecule has 1 aliphatic rings. The van der Waals surface area contributed by atoms with Gasteiger partial charge in [-0.05, 0) is 61.2 Å². The highest BCUT2D eigenvalue weighted by atomic mass is 35.5. The molecule has 36 heavy (non-hydrogen) atoms. The van der Waals surface area contributed by atoms with Crippen molar-refractivity contribution in [2.24, 2.45) is 5.92 Å². The van der Waals surface area contributed by atoms with Crippen molar-refractivity contribution in [1.82, 2.24) is 20.1 Å². The largest absolute Gasteiger partial charge is 0.493 e. The maximum Gasteiger partial charge on any atom is 0.407 e. The number of pyridine rings is 1.